The number of alkyl halides is 3. The van der Waals surface area contributed by atoms with Crippen LogP contribution in [0.5, 0.6) is 0 Å². The van der Waals surface area contributed by atoms with Crippen molar-refractivity contribution in [1.82, 2.24) is 4.98 Å². The number of halogens is 4. The van der Waals surface area contributed by atoms with Crippen LogP contribution < -0.4 is 5.32 Å². The highest BCUT2D eigenvalue weighted by molar-refractivity contribution is 6.32. The lowest BCUT2D eigenvalue weighted by Crippen LogP contribution is -2.14. The maximum atomic E-state index is 12.4. The molecule has 0 aliphatic carbocycles. The van der Waals surface area contributed by atoms with E-state index in [0.717, 1.165) is 0 Å². The second-order valence-electron chi connectivity index (χ2n) is 2.88. The number of nitrogens with zero attached hydrogens (tertiary/aromatic N) is 2. The number of pyridine rings is 1. The van der Waals surface area contributed by atoms with Gasteiger partial charge in [0.15, 0.2) is 0 Å². The molecule has 0 saturated heterocycles. The number of hydrogen-bond acceptors (Lipinski definition) is 4. The van der Waals surface area contributed by atoms with Gasteiger partial charge in [-0.05, 0) is 6.07 Å². The quantitative estimate of drug-likeness (QED) is 0.494. The predicted octanol–water partition coefficient (Wildman–Crippen LogP) is 2.75. The Morgan fingerprint density at radius 1 is 1.56 bits per heavy atom. The standard InChI is InChI=1S/C7H3ClF3N3O4/c8-5-4(14(17)18)2(12-6(15)16)1-3(13-5)7(9,10)11/h1H,(H,12,13)(H,15,16). The minimum atomic E-state index is -4.91. The summed E-state index contributed by atoms with van der Waals surface area (Å²) < 4.78 is 37.1. The summed E-state index contributed by atoms with van der Waals surface area (Å²) in [5.74, 6) is 0. The van der Waals surface area contributed by atoms with Crippen LogP contribution in [-0.4, -0.2) is 21.1 Å². The molecule has 0 aliphatic heterocycles. The Morgan fingerprint density at radius 3 is 2.50 bits per heavy atom. The molecule has 0 saturated carbocycles. The average Bonchev–Trinajstić information content (AvgIpc) is 2.13. The largest absolute Gasteiger partial charge is 0.465 e. The van der Waals surface area contributed by atoms with Crippen LogP contribution in [0.1, 0.15) is 5.69 Å². The van der Waals surface area contributed by atoms with Gasteiger partial charge in [0.05, 0.1) is 4.92 Å². The number of carbonyl (C=O) groups is 1. The van der Waals surface area contributed by atoms with Crippen LogP contribution in [0.2, 0.25) is 5.15 Å². The Labute approximate surface area is 101 Å². The first kappa shape index (κ1) is 14.0. The van der Waals surface area contributed by atoms with E-state index in [2.05, 4.69) is 4.98 Å². The average molecular weight is 286 g/mol. The van der Waals surface area contributed by atoms with Gasteiger partial charge in [0.25, 0.3) is 0 Å². The second-order valence-corrected chi connectivity index (χ2v) is 3.24. The van der Waals surface area contributed by atoms with Gasteiger partial charge < -0.3 is 5.11 Å². The van der Waals surface area contributed by atoms with E-state index in [0.29, 0.717) is 0 Å². The third-order valence-electron chi connectivity index (χ3n) is 1.66. The number of nitro groups is 1. The molecule has 1 aromatic heterocycles. The fourth-order valence-corrected chi connectivity index (χ4v) is 1.30. The lowest BCUT2D eigenvalue weighted by molar-refractivity contribution is -0.384. The molecule has 98 valence electrons. The van der Waals surface area contributed by atoms with Gasteiger partial charge in [-0.15, -0.1) is 0 Å². The van der Waals surface area contributed by atoms with Crippen molar-refractivity contribution >= 4 is 29.1 Å². The normalized spacial score (nSPS) is 11.1. The smallest absolute Gasteiger partial charge is 0.433 e. The van der Waals surface area contributed by atoms with Crippen LogP contribution in [0.25, 0.3) is 0 Å². The summed E-state index contributed by atoms with van der Waals surface area (Å²) in [7, 11) is 0. The third-order valence-corrected chi connectivity index (χ3v) is 1.93. The Kier molecular flexibility index (Phi) is 3.60. The van der Waals surface area contributed by atoms with Crippen molar-refractivity contribution in [3.05, 3.63) is 27.0 Å². The van der Waals surface area contributed by atoms with Crippen LogP contribution in [-0.2, 0) is 6.18 Å². The number of anilines is 1. The van der Waals surface area contributed by atoms with Gasteiger partial charge in [0.2, 0.25) is 5.15 Å². The number of hydrogen-bond donors (Lipinski definition) is 2. The number of nitrogens with one attached hydrogen (secondary N) is 1. The summed E-state index contributed by atoms with van der Waals surface area (Å²) in [4.78, 5) is 22.6. The van der Waals surface area contributed by atoms with Crippen LogP contribution in [0.3, 0.4) is 0 Å². The molecular formula is C7H3ClF3N3O4. The number of amides is 1. The van der Waals surface area contributed by atoms with Crippen molar-refractivity contribution in [1.29, 1.82) is 0 Å². The zero-order chi connectivity index (χ0) is 14.1. The summed E-state index contributed by atoms with van der Waals surface area (Å²) in [6, 6.07) is 0.193. The molecule has 11 heteroatoms. The van der Waals surface area contributed by atoms with Crippen molar-refractivity contribution in [2.75, 3.05) is 5.32 Å². The molecule has 1 heterocycles. The number of carboxylic acid groups (broad SMARTS) is 1. The maximum absolute atomic E-state index is 12.4. The third kappa shape index (κ3) is 2.97. The second kappa shape index (κ2) is 4.64. The first-order chi connectivity index (χ1) is 8.12. The fourth-order valence-electron chi connectivity index (χ4n) is 1.04. The minimum absolute atomic E-state index is 0.193. The van der Waals surface area contributed by atoms with Crippen LogP contribution in [0.15, 0.2) is 6.07 Å². The van der Waals surface area contributed by atoms with Gasteiger partial charge >= 0.3 is 18.0 Å². The Hall–Kier alpha value is -2.10. The highest BCUT2D eigenvalue weighted by atomic mass is 35.5. The molecule has 0 fully saturated rings. The molecule has 0 atom stereocenters. The van der Waals surface area contributed by atoms with E-state index < -0.39 is 39.4 Å². The molecular weight excluding hydrogens is 283 g/mol. The first-order valence-corrected chi connectivity index (χ1v) is 4.42. The van der Waals surface area contributed by atoms with E-state index in [1.54, 1.807) is 0 Å². The minimum Gasteiger partial charge on any atom is -0.465 e. The van der Waals surface area contributed by atoms with Crippen LogP contribution in [0, 0.1) is 10.1 Å². The molecule has 0 bridgehead atoms. The van der Waals surface area contributed by atoms with Crippen molar-refractivity contribution < 1.29 is 28.0 Å². The van der Waals surface area contributed by atoms with Gasteiger partial charge in [-0.1, -0.05) is 11.6 Å². The van der Waals surface area contributed by atoms with E-state index in [1.165, 1.54) is 5.32 Å². The van der Waals surface area contributed by atoms with Crippen molar-refractivity contribution in [2.45, 2.75) is 6.18 Å². The predicted molar refractivity (Wildman–Crippen MR) is 52.6 cm³/mol. The summed E-state index contributed by atoms with van der Waals surface area (Å²) >= 11 is 5.23. The Balaban J connectivity index is 3.46. The topological polar surface area (TPSA) is 105 Å². The maximum Gasteiger partial charge on any atom is 0.433 e. The van der Waals surface area contributed by atoms with Crippen molar-refractivity contribution in [3.8, 4) is 0 Å². The summed E-state index contributed by atoms with van der Waals surface area (Å²) in [5.41, 5.74) is -3.49. The SMILES string of the molecule is O=C(O)Nc1cc(C(F)(F)F)nc(Cl)c1[N+](=O)[O-]. The number of rotatable bonds is 2. The molecule has 1 rings (SSSR count). The molecule has 2 N–H and O–H groups in total. The van der Waals surface area contributed by atoms with E-state index in [4.69, 9.17) is 16.7 Å². The van der Waals surface area contributed by atoms with Gasteiger partial charge in [-0.2, -0.15) is 13.2 Å². The molecule has 0 radical (unpaired) electrons. The Bertz CT molecular complexity index is 519. The van der Waals surface area contributed by atoms with E-state index in [1.807, 2.05) is 0 Å². The lowest BCUT2D eigenvalue weighted by atomic mass is 10.2. The van der Waals surface area contributed by atoms with E-state index >= 15 is 0 Å². The highest BCUT2D eigenvalue weighted by Gasteiger charge is 2.36. The molecule has 7 nitrogen and oxygen atoms in total. The zero-order valence-corrected chi connectivity index (χ0v) is 8.91. The zero-order valence-electron chi connectivity index (χ0n) is 8.16. The highest BCUT2D eigenvalue weighted by Crippen LogP contribution is 2.37. The van der Waals surface area contributed by atoms with Gasteiger partial charge in [-0.25, -0.2) is 9.78 Å². The fraction of sp³-hybridized carbons (Fsp3) is 0.143. The summed E-state index contributed by atoms with van der Waals surface area (Å²) in [6.07, 6.45) is -6.68. The van der Waals surface area contributed by atoms with Gasteiger partial charge in [0.1, 0.15) is 11.4 Å². The van der Waals surface area contributed by atoms with Crippen LogP contribution >= 0.6 is 11.6 Å². The summed E-state index contributed by atoms with van der Waals surface area (Å²) in [5, 5.41) is 19.3. The lowest BCUT2D eigenvalue weighted by Gasteiger charge is -2.09. The van der Waals surface area contributed by atoms with Crippen molar-refractivity contribution in [2.24, 2.45) is 0 Å². The van der Waals surface area contributed by atoms with E-state index in [-0.39, 0.29) is 6.07 Å². The number of aromatic nitrogens is 1. The monoisotopic (exact) mass is 285 g/mol. The van der Waals surface area contributed by atoms with E-state index in [9.17, 15) is 28.1 Å². The molecule has 0 spiro atoms. The van der Waals surface area contributed by atoms with Gasteiger partial charge in [0, 0.05) is 0 Å². The summed E-state index contributed by atoms with van der Waals surface area (Å²) in [6.45, 7) is 0. The molecule has 0 aliphatic rings. The van der Waals surface area contributed by atoms with Gasteiger partial charge in [-0.3, -0.25) is 15.4 Å². The molecule has 0 unspecified atom stereocenters. The first-order valence-electron chi connectivity index (χ1n) is 4.05. The molecule has 1 aromatic rings. The van der Waals surface area contributed by atoms with Crippen molar-refractivity contribution in [3.63, 3.8) is 0 Å². The molecule has 18 heavy (non-hydrogen) atoms. The molecule has 1 amide bonds. The Morgan fingerprint density at radius 2 is 2.11 bits per heavy atom. The van der Waals surface area contributed by atoms with Crippen LogP contribution in [0.4, 0.5) is 29.3 Å². The molecule has 0 aromatic carbocycles.